The van der Waals surface area contributed by atoms with Crippen LogP contribution in [0, 0.1) is 0 Å². The number of rotatable bonds is 1. The van der Waals surface area contributed by atoms with E-state index >= 15 is 0 Å². The molecule has 0 aliphatic heterocycles. The first-order chi connectivity index (χ1) is 9.13. The topological polar surface area (TPSA) is 77.8 Å². The quantitative estimate of drug-likeness (QED) is 0.730. The molecule has 4 nitrogen and oxygen atoms in total. The molecule has 3 N–H and O–H groups in total. The lowest BCUT2D eigenvalue weighted by molar-refractivity contribution is -0.140. The number of aliphatic hydroxyl groups is 2. The summed E-state index contributed by atoms with van der Waals surface area (Å²) in [6.45, 7) is -0.778. The highest BCUT2D eigenvalue weighted by molar-refractivity contribution is 5.95. The van der Waals surface area contributed by atoms with Crippen molar-refractivity contribution >= 4 is 22.8 Å². The first kappa shape index (κ1) is 13.3. The van der Waals surface area contributed by atoms with E-state index in [1.165, 1.54) is 16.3 Å². The van der Waals surface area contributed by atoms with Crippen LogP contribution in [0.3, 0.4) is 0 Å². The number of hydrogen-bond donors (Lipinski definition) is 3. The van der Waals surface area contributed by atoms with Crippen molar-refractivity contribution in [3.8, 4) is 0 Å². The normalized spacial score (nSPS) is 15.8. The Balaban J connectivity index is 0.000000232. The summed E-state index contributed by atoms with van der Waals surface area (Å²) in [5.74, 6) is -1.19. The molecule has 2 aromatic rings. The van der Waals surface area contributed by atoms with Gasteiger partial charge in [-0.15, -0.1) is 0 Å². The summed E-state index contributed by atoms with van der Waals surface area (Å²) in [6.07, 6.45) is 3.37. The van der Waals surface area contributed by atoms with Gasteiger partial charge < -0.3 is 15.3 Å². The van der Waals surface area contributed by atoms with Crippen LogP contribution in [0.1, 0.15) is 17.2 Å². The lowest BCUT2D eigenvalue weighted by Gasteiger charge is -2.16. The third kappa shape index (κ3) is 2.81. The van der Waals surface area contributed by atoms with Crippen LogP contribution in [0.2, 0.25) is 0 Å². The smallest absolute Gasteiger partial charge is 0.329 e. The van der Waals surface area contributed by atoms with Gasteiger partial charge >= 0.3 is 5.97 Å². The van der Waals surface area contributed by atoms with Gasteiger partial charge in [0.25, 0.3) is 0 Å². The van der Waals surface area contributed by atoms with Crippen LogP contribution in [-0.2, 0) is 4.79 Å². The molecule has 0 fully saturated rings. The SMILES string of the molecule is O=C(O)CO.OC1C=Cc2cccc3cccc1c23. The molecule has 2 aromatic carbocycles. The first-order valence-corrected chi connectivity index (χ1v) is 5.84. The molecule has 1 atom stereocenters. The van der Waals surface area contributed by atoms with Crippen molar-refractivity contribution in [3.05, 3.63) is 53.6 Å². The lowest BCUT2D eigenvalue weighted by Crippen LogP contribution is -1.99. The number of carboxylic acid groups (broad SMARTS) is 1. The first-order valence-electron chi connectivity index (χ1n) is 5.84. The Morgan fingerprint density at radius 3 is 2.42 bits per heavy atom. The molecule has 1 unspecified atom stereocenters. The van der Waals surface area contributed by atoms with E-state index in [1.54, 1.807) is 0 Å². The minimum Gasteiger partial charge on any atom is -0.480 e. The maximum atomic E-state index is 9.79. The van der Waals surface area contributed by atoms with Crippen molar-refractivity contribution in [3.63, 3.8) is 0 Å². The van der Waals surface area contributed by atoms with E-state index in [0.717, 1.165) is 5.56 Å². The van der Waals surface area contributed by atoms with Crippen LogP contribution in [0.5, 0.6) is 0 Å². The molecule has 0 radical (unpaired) electrons. The van der Waals surface area contributed by atoms with Crippen molar-refractivity contribution in [2.24, 2.45) is 0 Å². The van der Waals surface area contributed by atoms with Crippen molar-refractivity contribution in [2.45, 2.75) is 6.10 Å². The van der Waals surface area contributed by atoms with Crippen LogP contribution >= 0.6 is 0 Å². The van der Waals surface area contributed by atoms with Crippen LogP contribution in [0.4, 0.5) is 0 Å². The average Bonchev–Trinajstić information content (AvgIpc) is 2.44. The predicted octanol–water partition coefficient (Wildman–Crippen LogP) is 1.96. The Bertz CT molecular complexity index is 626. The maximum Gasteiger partial charge on any atom is 0.329 e. The Morgan fingerprint density at radius 1 is 1.16 bits per heavy atom. The van der Waals surface area contributed by atoms with Gasteiger partial charge in [0.15, 0.2) is 0 Å². The predicted molar refractivity (Wildman–Crippen MR) is 72.7 cm³/mol. The third-order valence-corrected chi connectivity index (χ3v) is 2.88. The Morgan fingerprint density at radius 2 is 1.79 bits per heavy atom. The number of aliphatic hydroxyl groups excluding tert-OH is 2. The van der Waals surface area contributed by atoms with Gasteiger partial charge in [-0.05, 0) is 21.9 Å². The van der Waals surface area contributed by atoms with Gasteiger partial charge in [-0.1, -0.05) is 48.6 Å². The van der Waals surface area contributed by atoms with E-state index < -0.39 is 18.7 Å². The van der Waals surface area contributed by atoms with E-state index in [-0.39, 0.29) is 0 Å². The molecule has 0 aromatic heterocycles. The largest absolute Gasteiger partial charge is 0.480 e. The van der Waals surface area contributed by atoms with E-state index in [4.69, 9.17) is 15.0 Å². The summed E-state index contributed by atoms with van der Waals surface area (Å²) in [5.41, 5.74) is 2.21. The van der Waals surface area contributed by atoms with Crippen LogP contribution < -0.4 is 0 Å². The van der Waals surface area contributed by atoms with Gasteiger partial charge in [-0.25, -0.2) is 4.79 Å². The molecule has 0 bridgehead atoms. The molecule has 0 saturated carbocycles. The van der Waals surface area contributed by atoms with Gasteiger partial charge in [0.2, 0.25) is 0 Å². The molecule has 0 amide bonds. The molecule has 4 heteroatoms. The summed E-state index contributed by atoms with van der Waals surface area (Å²) >= 11 is 0. The Labute approximate surface area is 110 Å². The third-order valence-electron chi connectivity index (χ3n) is 2.88. The number of carbonyl (C=O) groups is 1. The lowest BCUT2D eigenvalue weighted by atomic mass is 9.92. The minimum atomic E-state index is -1.19. The molecule has 3 rings (SSSR count). The maximum absolute atomic E-state index is 9.79. The van der Waals surface area contributed by atoms with Crippen LogP contribution in [0.25, 0.3) is 16.8 Å². The van der Waals surface area contributed by atoms with E-state index in [9.17, 15) is 5.11 Å². The zero-order valence-electron chi connectivity index (χ0n) is 10.2. The molecule has 98 valence electrons. The number of carboxylic acids is 1. The number of benzene rings is 2. The Kier molecular flexibility index (Phi) is 3.94. The molecular formula is C15H14O4. The second-order valence-corrected chi connectivity index (χ2v) is 4.15. The van der Waals surface area contributed by atoms with E-state index in [1.807, 2.05) is 30.4 Å². The zero-order chi connectivity index (χ0) is 13.8. The minimum absolute atomic E-state index is 0.450. The van der Waals surface area contributed by atoms with Crippen molar-refractivity contribution in [1.82, 2.24) is 0 Å². The fourth-order valence-electron chi connectivity index (χ4n) is 2.08. The second kappa shape index (κ2) is 5.65. The fourth-order valence-corrected chi connectivity index (χ4v) is 2.08. The number of aliphatic carboxylic acids is 1. The van der Waals surface area contributed by atoms with E-state index in [0.29, 0.717) is 0 Å². The highest BCUT2D eigenvalue weighted by Crippen LogP contribution is 2.32. The molecular weight excluding hydrogens is 244 g/mol. The fraction of sp³-hybridized carbons (Fsp3) is 0.133. The molecule has 0 spiro atoms. The molecule has 1 aliphatic carbocycles. The molecule has 19 heavy (non-hydrogen) atoms. The van der Waals surface area contributed by atoms with Crippen LogP contribution in [-0.4, -0.2) is 27.9 Å². The molecule has 1 aliphatic rings. The van der Waals surface area contributed by atoms with Gasteiger partial charge in [0, 0.05) is 0 Å². The summed E-state index contributed by atoms with van der Waals surface area (Å²) < 4.78 is 0. The zero-order valence-corrected chi connectivity index (χ0v) is 10.2. The van der Waals surface area contributed by atoms with Gasteiger partial charge in [-0.3, -0.25) is 0 Å². The van der Waals surface area contributed by atoms with Crippen molar-refractivity contribution < 1.29 is 20.1 Å². The number of hydrogen-bond acceptors (Lipinski definition) is 3. The summed E-state index contributed by atoms with van der Waals surface area (Å²) in [4.78, 5) is 9.12. The monoisotopic (exact) mass is 258 g/mol. The average molecular weight is 258 g/mol. The summed E-state index contributed by atoms with van der Waals surface area (Å²) in [5, 5.41) is 27.2. The molecule has 0 heterocycles. The van der Waals surface area contributed by atoms with Gasteiger partial charge in [0.05, 0.1) is 6.10 Å². The van der Waals surface area contributed by atoms with Gasteiger partial charge in [-0.2, -0.15) is 0 Å². The summed E-state index contributed by atoms with van der Waals surface area (Å²) in [6, 6.07) is 12.3. The van der Waals surface area contributed by atoms with E-state index in [2.05, 4.69) is 18.2 Å². The highest BCUT2D eigenvalue weighted by Gasteiger charge is 2.13. The summed E-state index contributed by atoms with van der Waals surface area (Å²) in [7, 11) is 0. The van der Waals surface area contributed by atoms with Crippen LogP contribution in [0.15, 0.2) is 42.5 Å². The second-order valence-electron chi connectivity index (χ2n) is 4.15. The Hall–Kier alpha value is -2.17. The standard InChI is InChI=1S/C13H10O.C2H4O3/c14-12-8-7-10-4-1-3-9-5-2-6-11(12)13(9)10;3-1-2(4)5/h1-8,12,14H;3H,1H2,(H,4,5). The van der Waals surface area contributed by atoms with Gasteiger partial charge in [0.1, 0.15) is 6.61 Å². The molecule has 0 saturated heterocycles. The van der Waals surface area contributed by atoms with Crippen molar-refractivity contribution in [2.75, 3.05) is 6.61 Å². The highest BCUT2D eigenvalue weighted by atomic mass is 16.4. The van der Waals surface area contributed by atoms with Crippen molar-refractivity contribution in [1.29, 1.82) is 0 Å².